The van der Waals surface area contributed by atoms with E-state index < -0.39 is 39.9 Å². The van der Waals surface area contributed by atoms with Gasteiger partial charge in [-0.1, -0.05) is 6.07 Å². The van der Waals surface area contributed by atoms with E-state index in [9.17, 15) is 32.9 Å². The van der Waals surface area contributed by atoms with Crippen molar-refractivity contribution in [3.63, 3.8) is 0 Å². The molecule has 166 valence electrons. The second kappa shape index (κ2) is 8.63. The molecule has 1 aliphatic rings. The van der Waals surface area contributed by atoms with Gasteiger partial charge >= 0.3 is 11.9 Å². The number of ether oxygens (including phenoxy) is 2. The van der Waals surface area contributed by atoms with E-state index in [1.807, 2.05) is 0 Å². The molecular formula is C19H12F3N3O6S. The Morgan fingerprint density at radius 3 is 2.22 bits per heavy atom. The van der Waals surface area contributed by atoms with Gasteiger partial charge in [-0.25, -0.2) is 0 Å². The van der Waals surface area contributed by atoms with Gasteiger partial charge in [-0.05, 0) is 48.1 Å². The zero-order chi connectivity index (χ0) is 23.6. The molecule has 2 amide bonds. The summed E-state index contributed by atoms with van der Waals surface area (Å²) in [7, 11) is 1.26. The average Bonchev–Trinajstić information content (AvgIpc) is 2.70. The number of rotatable bonds is 5. The van der Waals surface area contributed by atoms with Crippen LogP contribution in [0.2, 0.25) is 0 Å². The smallest absolute Gasteiger partial charge is 0.416 e. The Bertz CT molecular complexity index is 1160. The maximum Gasteiger partial charge on any atom is 0.416 e. The molecule has 1 heterocycles. The number of hydrogen-bond donors (Lipinski definition) is 2. The van der Waals surface area contributed by atoms with Gasteiger partial charge in [0.05, 0.1) is 17.6 Å². The first kappa shape index (κ1) is 22.7. The molecule has 13 heteroatoms. The summed E-state index contributed by atoms with van der Waals surface area (Å²) in [6.45, 7) is 0. The number of nitro groups is 1. The van der Waals surface area contributed by atoms with Crippen molar-refractivity contribution in [1.29, 1.82) is 0 Å². The van der Waals surface area contributed by atoms with Gasteiger partial charge in [0.25, 0.3) is 11.8 Å². The molecule has 32 heavy (non-hydrogen) atoms. The van der Waals surface area contributed by atoms with Gasteiger partial charge in [0.1, 0.15) is 5.57 Å². The molecule has 0 spiro atoms. The zero-order valence-electron chi connectivity index (χ0n) is 16.0. The van der Waals surface area contributed by atoms with Crippen LogP contribution in [0.25, 0.3) is 6.08 Å². The predicted molar refractivity (Wildman–Crippen MR) is 108 cm³/mol. The number of hydrogen-bond acceptors (Lipinski definition) is 7. The van der Waals surface area contributed by atoms with Crippen molar-refractivity contribution < 1.29 is 37.2 Å². The summed E-state index contributed by atoms with van der Waals surface area (Å²) in [5.74, 6) is -1.86. The van der Waals surface area contributed by atoms with Crippen molar-refractivity contribution in [1.82, 2.24) is 10.6 Å². The number of methoxy groups -OCH3 is 1. The van der Waals surface area contributed by atoms with Crippen molar-refractivity contribution in [2.45, 2.75) is 6.18 Å². The van der Waals surface area contributed by atoms with E-state index in [1.54, 1.807) is 0 Å². The Morgan fingerprint density at radius 1 is 1.03 bits per heavy atom. The molecule has 3 rings (SSSR count). The number of nitro benzene ring substituents is 1. The summed E-state index contributed by atoms with van der Waals surface area (Å²) >= 11 is 4.72. The Labute approximate surface area is 183 Å². The fourth-order valence-corrected chi connectivity index (χ4v) is 2.86. The molecule has 0 aliphatic carbocycles. The Kier molecular flexibility index (Phi) is 6.11. The van der Waals surface area contributed by atoms with Crippen LogP contribution in [-0.2, 0) is 15.8 Å². The van der Waals surface area contributed by atoms with Crippen molar-refractivity contribution in [3.8, 4) is 17.2 Å². The highest BCUT2D eigenvalue weighted by atomic mass is 32.1. The topological polar surface area (TPSA) is 120 Å². The van der Waals surface area contributed by atoms with Gasteiger partial charge in [-0.3, -0.25) is 30.3 Å². The number of halogens is 3. The summed E-state index contributed by atoms with van der Waals surface area (Å²) in [5, 5.41) is 15.7. The molecule has 0 radical (unpaired) electrons. The molecule has 2 aromatic rings. The number of alkyl halides is 3. The van der Waals surface area contributed by atoms with Crippen LogP contribution in [0.4, 0.5) is 18.9 Å². The molecule has 0 aromatic heterocycles. The molecule has 9 nitrogen and oxygen atoms in total. The van der Waals surface area contributed by atoms with Crippen molar-refractivity contribution >= 4 is 40.9 Å². The lowest BCUT2D eigenvalue weighted by Crippen LogP contribution is -2.51. The number of nitrogens with zero attached hydrogens (tertiary/aromatic N) is 1. The van der Waals surface area contributed by atoms with E-state index in [0.717, 1.165) is 6.07 Å². The fourth-order valence-electron chi connectivity index (χ4n) is 2.67. The number of benzene rings is 2. The molecule has 1 aliphatic heterocycles. The number of nitrogens with one attached hydrogen (secondary N) is 2. The number of carbonyl (C=O) groups excluding carboxylic acids is 2. The van der Waals surface area contributed by atoms with E-state index in [4.69, 9.17) is 21.7 Å². The maximum atomic E-state index is 12.9. The van der Waals surface area contributed by atoms with Crippen LogP contribution in [0, 0.1) is 10.1 Å². The van der Waals surface area contributed by atoms with Crippen molar-refractivity contribution in [2.24, 2.45) is 0 Å². The average molecular weight is 467 g/mol. The summed E-state index contributed by atoms with van der Waals surface area (Å²) < 4.78 is 49.2. The third-order valence-electron chi connectivity index (χ3n) is 4.14. The highest BCUT2D eigenvalue weighted by Gasteiger charge is 2.33. The van der Waals surface area contributed by atoms with E-state index in [1.165, 1.54) is 31.4 Å². The van der Waals surface area contributed by atoms with Crippen LogP contribution >= 0.6 is 12.2 Å². The van der Waals surface area contributed by atoms with Gasteiger partial charge in [0, 0.05) is 6.07 Å². The molecule has 2 aromatic carbocycles. The normalized spacial score (nSPS) is 13.9. The Morgan fingerprint density at radius 2 is 1.66 bits per heavy atom. The van der Waals surface area contributed by atoms with Gasteiger partial charge in [0.15, 0.2) is 16.6 Å². The van der Waals surface area contributed by atoms with Gasteiger partial charge < -0.3 is 9.47 Å². The molecule has 0 unspecified atom stereocenters. The highest BCUT2D eigenvalue weighted by Crippen LogP contribution is 2.40. The summed E-state index contributed by atoms with van der Waals surface area (Å²) in [4.78, 5) is 34.1. The van der Waals surface area contributed by atoms with Crippen LogP contribution in [0.1, 0.15) is 11.1 Å². The quantitative estimate of drug-likeness (QED) is 0.228. The SMILES string of the molecule is COc1cc(C=C2C(=O)NC(=S)NC2=O)ccc1Oc1ccc(C(F)(F)F)cc1[N+](=O)[O-]. The first-order valence-corrected chi connectivity index (χ1v) is 9.00. The van der Waals surface area contributed by atoms with Crippen LogP contribution in [-0.4, -0.2) is 29.0 Å². The first-order chi connectivity index (χ1) is 15.0. The number of carbonyl (C=O) groups is 2. The van der Waals surface area contributed by atoms with E-state index >= 15 is 0 Å². The lowest BCUT2D eigenvalue weighted by atomic mass is 10.1. The molecule has 2 N–H and O–H groups in total. The zero-order valence-corrected chi connectivity index (χ0v) is 16.8. The minimum absolute atomic E-state index is 0.0423. The number of thiocarbonyl (C=S) groups is 1. The monoisotopic (exact) mass is 467 g/mol. The standard InChI is InChI=1S/C19H12F3N3O6S/c1-30-15-7-9(6-11-16(26)23-18(32)24-17(11)27)2-4-14(15)31-13-5-3-10(19(20,21)22)8-12(13)25(28)29/h2-8H,1H3,(H2,23,24,26,27,32). The Hall–Kier alpha value is -4.00. The van der Waals surface area contributed by atoms with Crippen molar-refractivity contribution in [3.05, 3.63) is 63.2 Å². The van der Waals surface area contributed by atoms with E-state index in [2.05, 4.69) is 10.6 Å². The first-order valence-electron chi connectivity index (χ1n) is 8.59. The van der Waals surface area contributed by atoms with Crippen LogP contribution in [0.3, 0.4) is 0 Å². The molecule has 1 saturated heterocycles. The highest BCUT2D eigenvalue weighted by molar-refractivity contribution is 7.80. The van der Waals surface area contributed by atoms with Gasteiger partial charge in [-0.2, -0.15) is 13.2 Å². The second-order valence-electron chi connectivity index (χ2n) is 6.25. The lowest BCUT2D eigenvalue weighted by Gasteiger charge is -2.16. The molecule has 0 atom stereocenters. The predicted octanol–water partition coefficient (Wildman–Crippen LogP) is 3.33. The molecule has 0 bridgehead atoms. The van der Waals surface area contributed by atoms with Gasteiger partial charge in [-0.15, -0.1) is 0 Å². The van der Waals surface area contributed by atoms with Crippen molar-refractivity contribution in [2.75, 3.05) is 7.11 Å². The molecule has 0 saturated carbocycles. The summed E-state index contributed by atoms with van der Waals surface area (Å²) in [6.07, 6.45) is -3.52. The Balaban J connectivity index is 1.95. The van der Waals surface area contributed by atoms with Crippen LogP contribution in [0.5, 0.6) is 17.2 Å². The summed E-state index contributed by atoms with van der Waals surface area (Å²) in [6, 6.07) is 5.94. The molecule has 1 fully saturated rings. The van der Waals surface area contributed by atoms with E-state index in [-0.39, 0.29) is 22.2 Å². The largest absolute Gasteiger partial charge is 0.493 e. The van der Waals surface area contributed by atoms with E-state index in [0.29, 0.717) is 17.7 Å². The second-order valence-corrected chi connectivity index (χ2v) is 6.65. The number of amides is 2. The third-order valence-corrected chi connectivity index (χ3v) is 4.35. The lowest BCUT2D eigenvalue weighted by molar-refractivity contribution is -0.385. The minimum atomic E-state index is -4.77. The summed E-state index contributed by atoms with van der Waals surface area (Å²) in [5.41, 5.74) is -1.98. The van der Waals surface area contributed by atoms with Crippen LogP contribution in [0.15, 0.2) is 42.0 Å². The van der Waals surface area contributed by atoms with Gasteiger partial charge in [0.2, 0.25) is 5.75 Å². The maximum absolute atomic E-state index is 12.9. The third kappa shape index (κ3) is 4.83. The fraction of sp³-hybridized carbons (Fsp3) is 0.105. The van der Waals surface area contributed by atoms with Crippen LogP contribution < -0.4 is 20.1 Å². The molecular weight excluding hydrogens is 455 g/mol. The minimum Gasteiger partial charge on any atom is -0.493 e.